The van der Waals surface area contributed by atoms with Gasteiger partial charge < -0.3 is 9.64 Å². The Hall–Kier alpha value is -1.32. The van der Waals surface area contributed by atoms with E-state index in [1.807, 2.05) is 32.6 Å². The molecule has 0 N–H and O–H groups in total. The summed E-state index contributed by atoms with van der Waals surface area (Å²) in [6, 6.07) is 0. The molecule has 0 aliphatic carbocycles. The van der Waals surface area contributed by atoms with Crippen LogP contribution in [-0.2, 0) is 14.3 Å². The summed E-state index contributed by atoms with van der Waals surface area (Å²) in [7, 11) is 0. The molecule has 18 heavy (non-hydrogen) atoms. The van der Waals surface area contributed by atoms with Crippen LogP contribution < -0.4 is 0 Å². The van der Waals surface area contributed by atoms with Gasteiger partial charge in [-0.15, -0.1) is 0 Å². The topological polar surface area (TPSA) is 46.6 Å². The van der Waals surface area contributed by atoms with Gasteiger partial charge in [0.05, 0.1) is 0 Å². The molecule has 0 spiro atoms. The molecule has 1 aliphatic rings. The molecule has 0 radical (unpaired) electrons. The molecule has 1 aliphatic heterocycles. The van der Waals surface area contributed by atoms with Gasteiger partial charge in [-0.05, 0) is 34.6 Å². The van der Waals surface area contributed by atoms with Crippen LogP contribution in [0.5, 0.6) is 0 Å². The van der Waals surface area contributed by atoms with E-state index < -0.39 is 0 Å². The number of carbonyl (C=O) groups is 2. The van der Waals surface area contributed by atoms with Gasteiger partial charge in [-0.2, -0.15) is 0 Å². The fourth-order valence-corrected chi connectivity index (χ4v) is 2.82. The van der Waals surface area contributed by atoms with Gasteiger partial charge in [0.15, 0.2) is 0 Å². The van der Waals surface area contributed by atoms with Crippen LogP contribution in [0.15, 0.2) is 12.2 Å². The predicted molar refractivity (Wildman–Crippen MR) is 70.0 cm³/mol. The zero-order valence-electron chi connectivity index (χ0n) is 11.9. The van der Waals surface area contributed by atoms with Crippen LogP contribution in [0.3, 0.4) is 0 Å². The molecule has 1 heterocycles. The van der Waals surface area contributed by atoms with Crippen LogP contribution in [0, 0.1) is 0 Å². The Morgan fingerprint density at radius 2 is 1.72 bits per heavy atom. The van der Waals surface area contributed by atoms with Gasteiger partial charge in [-0.1, -0.05) is 6.58 Å². The van der Waals surface area contributed by atoms with E-state index in [1.165, 1.54) is 0 Å². The Morgan fingerprint density at radius 1 is 1.28 bits per heavy atom. The fourth-order valence-electron chi connectivity index (χ4n) is 2.82. The Balaban J connectivity index is 2.86. The summed E-state index contributed by atoms with van der Waals surface area (Å²) < 4.78 is 5.44. The minimum absolute atomic E-state index is 0.171. The second-order valence-electron chi connectivity index (χ2n) is 6.32. The number of nitrogens with zero attached hydrogens (tertiary/aromatic N) is 1. The lowest BCUT2D eigenvalue weighted by Gasteiger charge is -2.53. The summed E-state index contributed by atoms with van der Waals surface area (Å²) in [6.45, 7) is 13.2. The molecule has 0 unspecified atom stereocenters. The fraction of sp³-hybridized carbons (Fsp3) is 0.714. The molecule has 1 rings (SSSR count). The van der Waals surface area contributed by atoms with Crippen molar-refractivity contribution in [2.45, 2.75) is 64.6 Å². The number of esters is 1. The summed E-state index contributed by atoms with van der Waals surface area (Å²) >= 11 is 0. The maximum Gasteiger partial charge on any atom is 0.333 e. The third kappa shape index (κ3) is 2.92. The summed E-state index contributed by atoms with van der Waals surface area (Å²) in [5.74, 6) is -0.355. The first-order chi connectivity index (χ1) is 8.10. The highest BCUT2D eigenvalue weighted by Gasteiger charge is 2.45. The third-order valence-corrected chi connectivity index (χ3v) is 3.49. The van der Waals surface area contributed by atoms with E-state index in [0.29, 0.717) is 18.4 Å². The molecule has 0 bridgehead atoms. The number of ether oxygens (including phenoxy) is 1. The smallest absolute Gasteiger partial charge is 0.333 e. The molecular formula is C14H23NO3. The van der Waals surface area contributed by atoms with Crippen LogP contribution in [-0.4, -0.2) is 34.5 Å². The molecule has 0 aromatic carbocycles. The van der Waals surface area contributed by atoms with Crippen molar-refractivity contribution in [1.29, 1.82) is 0 Å². The van der Waals surface area contributed by atoms with Crippen molar-refractivity contribution in [3.63, 3.8) is 0 Å². The van der Waals surface area contributed by atoms with E-state index in [4.69, 9.17) is 4.74 Å². The highest BCUT2D eigenvalue weighted by atomic mass is 16.5. The van der Waals surface area contributed by atoms with Gasteiger partial charge in [0, 0.05) is 29.5 Å². The van der Waals surface area contributed by atoms with Crippen molar-refractivity contribution in [2.24, 2.45) is 0 Å². The molecule has 0 saturated carbocycles. The molecule has 4 nitrogen and oxygen atoms in total. The number of carbonyl (C=O) groups excluding carboxylic acids is 2. The van der Waals surface area contributed by atoms with Crippen molar-refractivity contribution in [2.75, 3.05) is 0 Å². The van der Waals surface area contributed by atoms with Crippen LogP contribution in [0.2, 0.25) is 0 Å². The highest BCUT2D eigenvalue weighted by molar-refractivity contribution is 5.87. The first kappa shape index (κ1) is 14.7. The number of likely N-dealkylation sites (tertiary alicyclic amines) is 1. The van der Waals surface area contributed by atoms with E-state index in [9.17, 15) is 9.59 Å². The Labute approximate surface area is 109 Å². The van der Waals surface area contributed by atoms with E-state index in [2.05, 4.69) is 6.58 Å². The van der Waals surface area contributed by atoms with Gasteiger partial charge in [-0.25, -0.2) is 4.79 Å². The number of rotatable bonds is 3. The Bertz CT molecular complexity index is 353. The lowest BCUT2D eigenvalue weighted by Crippen LogP contribution is -2.61. The number of hydrogen-bond donors (Lipinski definition) is 0. The van der Waals surface area contributed by atoms with Crippen LogP contribution >= 0.6 is 0 Å². The summed E-state index contributed by atoms with van der Waals surface area (Å²) in [5.41, 5.74) is -0.226. The Morgan fingerprint density at radius 3 is 2.06 bits per heavy atom. The van der Waals surface area contributed by atoms with Gasteiger partial charge in [0.25, 0.3) is 0 Å². The van der Waals surface area contributed by atoms with Crippen molar-refractivity contribution in [1.82, 2.24) is 4.90 Å². The predicted octanol–water partition coefficient (Wildman–Crippen LogP) is 2.28. The van der Waals surface area contributed by atoms with Gasteiger partial charge in [0.2, 0.25) is 6.41 Å². The van der Waals surface area contributed by atoms with Crippen molar-refractivity contribution in [3.8, 4) is 0 Å². The van der Waals surface area contributed by atoms with Gasteiger partial charge >= 0.3 is 5.97 Å². The van der Waals surface area contributed by atoms with E-state index >= 15 is 0 Å². The van der Waals surface area contributed by atoms with Crippen molar-refractivity contribution < 1.29 is 14.3 Å². The van der Waals surface area contributed by atoms with Gasteiger partial charge in [-0.3, -0.25) is 4.79 Å². The number of amides is 1. The monoisotopic (exact) mass is 253 g/mol. The zero-order valence-corrected chi connectivity index (χ0v) is 11.9. The Kier molecular flexibility index (Phi) is 3.89. The van der Waals surface area contributed by atoms with Crippen LogP contribution in [0.25, 0.3) is 0 Å². The molecule has 1 amide bonds. The standard InChI is InChI=1S/C14H23NO3/c1-10(2)12(17)18-11-7-13(3,4)15(9-16)14(5,6)8-11/h9,11H,1,7-8H2,2-6H3. The highest BCUT2D eigenvalue weighted by Crippen LogP contribution is 2.38. The quantitative estimate of drug-likeness (QED) is 0.440. The molecule has 0 aromatic heterocycles. The van der Waals surface area contributed by atoms with Crippen molar-refractivity contribution in [3.05, 3.63) is 12.2 Å². The zero-order chi connectivity index (χ0) is 14.1. The maximum absolute atomic E-state index is 11.6. The van der Waals surface area contributed by atoms with Crippen LogP contribution in [0.4, 0.5) is 0 Å². The second-order valence-corrected chi connectivity index (χ2v) is 6.32. The van der Waals surface area contributed by atoms with E-state index in [-0.39, 0.29) is 23.2 Å². The number of hydrogen-bond acceptors (Lipinski definition) is 3. The van der Waals surface area contributed by atoms with Gasteiger partial charge in [0.1, 0.15) is 6.10 Å². The van der Waals surface area contributed by atoms with Crippen LogP contribution in [0.1, 0.15) is 47.5 Å². The molecule has 0 atom stereocenters. The van der Waals surface area contributed by atoms with Crippen molar-refractivity contribution >= 4 is 12.4 Å². The minimum atomic E-state index is -0.355. The summed E-state index contributed by atoms with van der Waals surface area (Å²) in [5, 5.41) is 0. The first-order valence-electron chi connectivity index (χ1n) is 6.21. The average Bonchev–Trinajstić information content (AvgIpc) is 2.13. The summed E-state index contributed by atoms with van der Waals surface area (Å²) in [4.78, 5) is 24.6. The molecular weight excluding hydrogens is 230 g/mol. The maximum atomic E-state index is 11.6. The second kappa shape index (κ2) is 4.75. The SMILES string of the molecule is C=C(C)C(=O)OC1CC(C)(C)N(C=O)C(C)(C)C1. The molecule has 4 heteroatoms. The third-order valence-electron chi connectivity index (χ3n) is 3.49. The largest absolute Gasteiger partial charge is 0.459 e. The molecule has 0 aromatic rings. The summed E-state index contributed by atoms with van der Waals surface area (Å²) in [6.07, 6.45) is 2.01. The lowest BCUT2D eigenvalue weighted by molar-refractivity contribution is -0.158. The first-order valence-corrected chi connectivity index (χ1v) is 6.21. The lowest BCUT2D eigenvalue weighted by atomic mass is 9.78. The molecule has 102 valence electrons. The average molecular weight is 253 g/mol. The molecule has 1 saturated heterocycles. The van der Waals surface area contributed by atoms with E-state index in [0.717, 1.165) is 6.41 Å². The molecule has 1 fully saturated rings. The van der Waals surface area contributed by atoms with E-state index in [1.54, 1.807) is 6.92 Å². The number of piperidine rings is 1. The minimum Gasteiger partial charge on any atom is -0.459 e. The normalized spacial score (nSPS) is 22.4.